The van der Waals surface area contributed by atoms with E-state index in [0.717, 1.165) is 4.68 Å². The summed E-state index contributed by atoms with van der Waals surface area (Å²) in [6.45, 7) is -0.381. The summed E-state index contributed by atoms with van der Waals surface area (Å²) in [5.41, 5.74) is 5.47. The maximum absolute atomic E-state index is 13.4. The van der Waals surface area contributed by atoms with Crippen LogP contribution in [0.2, 0.25) is 10.0 Å². The first kappa shape index (κ1) is 25.1. The molecular weight excluding hydrogens is 554 g/mol. The first-order chi connectivity index (χ1) is 18.0. The standard InChI is InChI=1S/C20H12Cl2F3N11O2/c21-10-2-1-3-27-17(10)36-12(5-9(32-36)7-35-33-19(31-34-35)20(23,24)25)18(38)29-15-11(22)4-8-6-28-30-14(8)13(15)16(26)37/h1-6H,7H2,(H2,26,37)(H,28,30)(H,29,38). The SMILES string of the molecule is NC(=O)c1c(NC(=O)c2cc(Cn3nnc(C(F)(F)F)n3)nn2-c2ncccc2Cl)c(Cl)cc2cn[nH]c12. The van der Waals surface area contributed by atoms with Crippen molar-refractivity contribution in [3.63, 3.8) is 0 Å². The van der Waals surface area contributed by atoms with Gasteiger partial charge in [0.1, 0.15) is 12.2 Å². The van der Waals surface area contributed by atoms with Crippen LogP contribution >= 0.6 is 23.2 Å². The third-order valence-electron chi connectivity index (χ3n) is 5.12. The van der Waals surface area contributed by atoms with E-state index in [1.54, 1.807) is 6.07 Å². The second-order valence-corrected chi connectivity index (χ2v) is 8.46. The minimum atomic E-state index is -4.79. The van der Waals surface area contributed by atoms with Crippen LogP contribution < -0.4 is 11.1 Å². The molecule has 0 atom stereocenters. The van der Waals surface area contributed by atoms with Gasteiger partial charge in [-0.25, -0.2) is 9.67 Å². The van der Waals surface area contributed by atoms with Gasteiger partial charge in [0.2, 0.25) is 0 Å². The fourth-order valence-corrected chi connectivity index (χ4v) is 4.00. The summed E-state index contributed by atoms with van der Waals surface area (Å²) in [6.07, 6.45) is -1.98. The van der Waals surface area contributed by atoms with E-state index in [4.69, 9.17) is 28.9 Å². The van der Waals surface area contributed by atoms with E-state index in [1.165, 1.54) is 30.6 Å². The topological polar surface area (TPSA) is 175 Å². The van der Waals surface area contributed by atoms with Gasteiger partial charge in [-0.15, -0.1) is 10.2 Å². The molecule has 0 aliphatic carbocycles. The number of fused-ring (bicyclic) bond motifs is 1. The zero-order valence-electron chi connectivity index (χ0n) is 18.5. The molecule has 5 aromatic rings. The zero-order valence-corrected chi connectivity index (χ0v) is 20.0. The molecule has 4 aromatic heterocycles. The molecule has 18 heteroatoms. The van der Waals surface area contributed by atoms with Crippen LogP contribution in [0, 0.1) is 0 Å². The van der Waals surface area contributed by atoms with Gasteiger partial charge in [-0.1, -0.05) is 23.2 Å². The molecule has 0 radical (unpaired) electrons. The summed E-state index contributed by atoms with van der Waals surface area (Å²) >= 11 is 12.6. The molecule has 4 heterocycles. The molecule has 0 bridgehead atoms. The number of carbonyl (C=O) groups is 2. The summed E-state index contributed by atoms with van der Waals surface area (Å²) in [7, 11) is 0. The van der Waals surface area contributed by atoms with E-state index < -0.39 is 23.8 Å². The monoisotopic (exact) mass is 565 g/mol. The Bertz CT molecular complexity index is 1710. The largest absolute Gasteiger partial charge is 0.455 e. The number of aromatic amines is 1. The predicted molar refractivity (Wildman–Crippen MR) is 126 cm³/mol. The van der Waals surface area contributed by atoms with Crippen molar-refractivity contribution in [2.24, 2.45) is 5.73 Å². The smallest absolute Gasteiger partial charge is 0.365 e. The van der Waals surface area contributed by atoms with Crippen molar-refractivity contribution in [1.29, 1.82) is 0 Å². The minimum absolute atomic E-state index is 0.00490. The Hall–Kier alpha value is -4.57. The lowest BCUT2D eigenvalue weighted by atomic mass is 10.1. The number of rotatable bonds is 6. The fraction of sp³-hybridized carbons (Fsp3) is 0.100. The van der Waals surface area contributed by atoms with E-state index in [2.05, 4.69) is 41.0 Å². The number of primary amides is 1. The molecule has 0 unspecified atom stereocenters. The van der Waals surface area contributed by atoms with Gasteiger partial charge in [0.15, 0.2) is 5.82 Å². The average molecular weight is 566 g/mol. The first-order valence-corrected chi connectivity index (χ1v) is 11.1. The fourth-order valence-electron chi connectivity index (χ4n) is 3.54. The highest BCUT2D eigenvalue weighted by Crippen LogP contribution is 2.33. The van der Waals surface area contributed by atoms with Crippen LogP contribution in [-0.4, -0.2) is 57.0 Å². The molecule has 13 nitrogen and oxygen atoms in total. The molecule has 0 spiro atoms. The Labute approximate surface area is 218 Å². The van der Waals surface area contributed by atoms with Gasteiger partial charge >= 0.3 is 6.18 Å². The molecule has 2 amide bonds. The normalized spacial score (nSPS) is 11.7. The second kappa shape index (κ2) is 9.38. The number of carbonyl (C=O) groups excluding carboxylic acids is 2. The lowest BCUT2D eigenvalue weighted by molar-refractivity contribution is -0.145. The maximum atomic E-state index is 13.4. The highest BCUT2D eigenvalue weighted by molar-refractivity contribution is 6.36. The molecule has 0 fully saturated rings. The molecule has 194 valence electrons. The number of nitrogens with zero attached hydrogens (tertiary/aromatic N) is 8. The molecule has 0 saturated carbocycles. The first-order valence-electron chi connectivity index (χ1n) is 10.3. The number of nitrogens with one attached hydrogen (secondary N) is 2. The number of hydrogen-bond acceptors (Lipinski definition) is 8. The van der Waals surface area contributed by atoms with Crippen molar-refractivity contribution in [2.75, 3.05) is 5.32 Å². The van der Waals surface area contributed by atoms with Crippen molar-refractivity contribution in [2.45, 2.75) is 12.7 Å². The molecule has 0 aliphatic heterocycles. The van der Waals surface area contributed by atoms with Crippen LogP contribution in [0.25, 0.3) is 16.7 Å². The van der Waals surface area contributed by atoms with Crippen molar-refractivity contribution in [1.82, 2.24) is 45.2 Å². The lowest BCUT2D eigenvalue weighted by Gasteiger charge is -2.13. The number of aromatic nitrogens is 9. The van der Waals surface area contributed by atoms with Crippen molar-refractivity contribution in [3.8, 4) is 5.82 Å². The van der Waals surface area contributed by atoms with Gasteiger partial charge in [-0.2, -0.15) is 28.2 Å². The van der Waals surface area contributed by atoms with Crippen molar-refractivity contribution >= 4 is 51.6 Å². The van der Waals surface area contributed by atoms with Crippen LogP contribution in [0.1, 0.15) is 32.4 Å². The number of hydrogen-bond donors (Lipinski definition) is 3. The summed E-state index contributed by atoms with van der Waals surface area (Å²) in [5, 5.41) is 23.5. The Morgan fingerprint density at radius 2 is 1.95 bits per heavy atom. The Morgan fingerprint density at radius 1 is 1.16 bits per heavy atom. The third-order valence-corrected chi connectivity index (χ3v) is 5.71. The van der Waals surface area contributed by atoms with Crippen LogP contribution in [0.4, 0.5) is 18.9 Å². The van der Waals surface area contributed by atoms with Crippen LogP contribution in [0.15, 0.2) is 36.7 Å². The third kappa shape index (κ3) is 4.61. The van der Waals surface area contributed by atoms with Gasteiger partial charge in [-0.3, -0.25) is 14.7 Å². The quantitative estimate of drug-likeness (QED) is 0.281. The Balaban J connectivity index is 1.56. The van der Waals surface area contributed by atoms with E-state index in [9.17, 15) is 22.8 Å². The average Bonchev–Trinajstić information content (AvgIpc) is 3.59. The number of halogens is 5. The number of amides is 2. The number of anilines is 1. The second-order valence-electron chi connectivity index (χ2n) is 7.64. The zero-order chi connectivity index (χ0) is 27.2. The highest BCUT2D eigenvalue weighted by atomic mass is 35.5. The van der Waals surface area contributed by atoms with Crippen molar-refractivity contribution < 1.29 is 22.8 Å². The van der Waals surface area contributed by atoms with E-state index in [1.807, 2.05) is 0 Å². The minimum Gasteiger partial charge on any atom is -0.365 e. The lowest BCUT2D eigenvalue weighted by Crippen LogP contribution is -2.21. The number of H-pyrrole nitrogens is 1. The van der Waals surface area contributed by atoms with E-state index in [0.29, 0.717) is 10.2 Å². The van der Waals surface area contributed by atoms with Crippen LogP contribution in [-0.2, 0) is 12.7 Å². The molecule has 5 rings (SSSR count). The molecule has 38 heavy (non-hydrogen) atoms. The van der Waals surface area contributed by atoms with Gasteiger partial charge in [0.25, 0.3) is 17.6 Å². The number of benzene rings is 1. The number of pyridine rings is 1. The molecule has 0 aliphatic rings. The number of nitrogens with two attached hydrogens (primary N) is 1. The van der Waals surface area contributed by atoms with Gasteiger partial charge in [0.05, 0.1) is 38.7 Å². The molecule has 1 aromatic carbocycles. The van der Waals surface area contributed by atoms with Crippen LogP contribution in [0.3, 0.4) is 0 Å². The highest BCUT2D eigenvalue weighted by Gasteiger charge is 2.37. The molecule has 0 saturated heterocycles. The maximum Gasteiger partial charge on any atom is 0.455 e. The van der Waals surface area contributed by atoms with Gasteiger partial charge in [0, 0.05) is 11.6 Å². The van der Waals surface area contributed by atoms with Gasteiger partial charge in [-0.05, 0) is 29.5 Å². The summed E-state index contributed by atoms with van der Waals surface area (Å²) < 4.78 is 39.7. The number of tetrazole rings is 1. The molecule has 4 N–H and O–H groups in total. The predicted octanol–water partition coefficient (Wildman–Crippen LogP) is 2.86. The van der Waals surface area contributed by atoms with E-state index >= 15 is 0 Å². The molecular formula is C20H12Cl2F3N11O2. The van der Waals surface area contributed by atoms with E-state index in [-0.39, 0.29) is 50.6 Å². The Morgan fingerprint density at radius 3 is 2.63 bits per heavy atom. The number of alkyl halides is 3. The summed E-state index contributed by atoms with van der Waals surface area (Å²) in [4.78, 5) is 30.5. The Kier molecular flexibility index (Phi) is 6.20. The van der Waals surface area contributed by atoms with Crippen molar-refractivity contribution in [3.05, 3.63) is 69.5 Å². The summed E-state index contributed by atoms with van der Waals surface area (Å²) in [6, 6.07) is 5.77. The van der Waals surface area contributed by atoms with Gasteiger partial charge < -0.3 is 11.1 Å². The van der Waals surface area contributed by atoms with Crippen LogP contribution in [0.5, 0.6) is 0 Å². The summed E-state index contributed by atoms with van der Waals surface area (Å²) in [5.74, 6) is -3.11.